The van der Waals surface area contributed by atoms with E-state index in [1.54, 1.807) is 30.0 Å². The van der Waals surface area contributed by atoms with Crippen molar-refractivity contribution >= 4 is 11.7 Å². The summed E-state index contributed by atoms with van der Waals surface area (Å²) in [6.07, 6.45) is 5.05. The smallest absolute Gasteiger partial charge is 0.254 e. The zero-order valence-corrected chi connectivity index (χ0v) is 14.8. The number of hydrogen-bond donors (Lipinski definition) is 0. The number of piperidine rings is 1. The van der Waals surface area contributed by atoms with Crippen LogP contribution in [0.3, 0.4) is 0 Å². The SMILES string of the molecule is COc1cc(C(=O)N2CCCC(c3cc(C)nc4ncnn34)C2)ccn1. The van der Waals surface area contributed by atoms with Crippen molar-refractivity contribution in [2.24, 2.45) is 0 Å². The number of methoxy groups -OCH3 is 1. The van der Waals surface area contributed by atoms with Crippen LogP contribution in [-0.4, -0.2) is 55.6 Å². The van der Waals surface area contributed by atoms with Gasteiger partial charge in [0.2, 0.25) is 5.88 Å². The maximum Gasteiger partial charge on any atom is 0.254 e. The first-order chi connectivity index (χ1) is 12.7. The molecule has 0 saturated carbocycles. The van der Waals surface area contributed by atoms with Crippen molar-refractivity contribution in [1.82, 2.24) is 29.5 Å². The second-order valence-corrected chi connectivity index (χ2v) is 6.47. The van der Waals surface area contributed by atoms with Gasteiger partial charge < -0.3 is 9.64 Å². The minimum absolute atomic E-state index is 0.00369. The predicted molar refractivity (Wildman–Crippen MR) is 94.2 cm³/mol. The monoisotopic (exact) mass is 352 g/mol. The summed E-state index contributed by atoms with van der Waals surface area (Å²) in [5, 5.41) is 4.30. The quantitative estimate of drug-likeness (QED) is 0.715. The maximum atomic E-state index is 12.9. The molecule has 0 bridgehead atoms. The van der Waals surface area contributed by atoms with Gasteiger partial charge in [-0.15, -0.1) is 0 Å². The van der Waals surface area contributed by atoms with Crippen LogP contribution in [0.2, 0.25) is 0 Å². The molecule has 1 aliphatic heterocycles. The van der Waals surface area contributed by atoms with E-state index in [4.69, 9.17) is 4.74 Å². The fraction of sp³-hybridized carbons (Fsp3) is 0.389. The Morgan fingerprint density at radius 3 is 3.04 bits per heavy atom. The summed E-state index contributed by atoms with van der Waals surface area (Å²) < 4.78 is 6.91. The highest BCUT2D eigenvalue weighted by Crippen LogP contribution is 2.28. The number of nitrogens with zero attached hydrogens (tertiary/aromatic N) is 6. The van der Waals surface area contributed by atoms with E-state index < -0.39 is 0 Å². The third-order valence-corrected chi connectivity index (χ3v) is 4.73. The molecule has 26 heavy (non-hydrogen) atoms. The lowest BCUT2D eigenvalue weighted by Crippen LogP contribution is -2.39. The Labute approximate surface area is 150 Å². The second kappa shape index (κ2) is 6.70. The summed E-state index contributed by atoms with van der Waals surface area (Å²) in [5.74, 6) is 1.24. The van der Waals surface area contributed by atoms with E-state index in [0.29, 0.717) is 23.8 Å². The van der Waals surface area contributed by atoms with Gasteiger partial charge in [-0.3, -0.25) is 4.79 Å². The second-order valence-electron chi connectivity index (χ2n) is 6.47. The molecule has 1 amide bonds. The average molecular weight is 352 g/mol. The number of aryl methyl sites for hydroxylation is 1. The molecule has 0 aliphatic carbocycles. The van der Waals surface area contributed by atoms with Crippen LogP contribution >= 0.6 is 0 Å². The molecule has 0 spiro atoms. The van der Waals surface area contributed by atoms with Gasteiger partial charge >= 0.3 is 0 Å². The Kier molecular flexibility index (Phi) is 4.24. The molecular weight excluding hydrogens is 332 g/mol. The highest BCUT2D eigenvalue weighted by molar-refractivity contribution is 5.94. The molecule has 8 heteroatoms. The van der Waals surface area contributed by atoms with Crippen LogP contribution in [0.25, 0.3) is 5.78 Å². The molecule has 1 fully saturated rings. The molecule has 0 N–H and O–H groups in total. The Bertz CT molecular complexity index is 954. The topological polar surface area (TPSA) is 85.5 Å². The van der Waals surface area contributed by atoms with Gasteiger partial charge in [0.15, 0.2) is 0 Å². The van der Waals surface area contributed by atoms with Gasteiger partial charge in [-0.1, -0.05) is 0 Å². The average Bonchev–Trinajstić information content (AvgIpc) is 3.15. The van der Waals surface area contributed by atoms with Gasteiger partial charge in [0.25, 0.3) is 11.7 Å². The molecule has 8 nitrogen and oxygen atoms in total. The van der Waals surface area contributed by atoms with Crippen molar-refractivity contribution in [1.29, 1.82) is 0 Å². The van der Waals surface area contributed by atoms with Gasteiger partial charge in [-0.05, 0) is 31.9 Å². The van der Waals surface area contributed by atoms with E-state index in [1.807, 2.05) is 17.9 Å². The Balaban J connectivity index is 1.61. The van der Waals surface area contributed by atoms with E-state index in [0.717, 1.165) is 30.8 Å². The number of amides is 1. The number of likely N-dealkylation sites (tertiary alicyclic amines) is 1. The number of ether oxygens (including phenoxy) is 1. The van der Waals surface area contributed by atoms with Crippen molar-refractivity contribution in [3.05, 3.63) is 47.7 Å². The number of hydrogen-bond acceptors (Lipinski definition) is 6. The molecule has 134 valence electrons. The number of carbonyl (C=O) groups excluding carboxylic acids is 1. The summed E-state index contributed by atoms with van der Waals surface area (Å²) in [4.78, 5) is 27.5. The van der Waals surface area contributed by atoms with Crippen molar-refractivity contribution in [3.63, 3.8) is 0 Å². The molecule has 3 aromatic rings. The Morgan fingerprint density at radius 2 is 2.19 bits per heavy atom. The third kappa shape index (κ3) is 2.98. The number of rotatable bonds is 3. The lowest BCUT2D eigenvalue weighted by atomic mass is 9.93. The summed E-state index contributed by atoms with van der Waals surface area (Å²) >= 11 is 0. The Morgan fingerprint density at radius 1 is 1.31 bits per heavy atom. The van der Waals surface area contributed by atoms with Crippen molar-refractivity contribution < 1.29 is 9.53 Å². The molecule has 4 heterocycles. The maximum absolute atomic E-state index is 12.9. The van der Waals surface area contributed by atoms with E-state index in [1.165, 1.54) is 6.33 Å². The molecule has 1 unspecified atom stereocenters. The van der Waals surface area contributed by atoms with E-state index in [9.17, 15) is 4.79 Å². The van der Waals surface area contributed by atoms with Gasteiger partial charge in [-0.2, -0.15) is 10.1 Å². The van der Waals surface area contributed by atoms with Gasteiger partial charge in [0.05, 0.1) is 12.8 Å². The van der Waals surface area contributed by atoms with Crippen molar-refractivity contribution in [2.75, 3.05) is 20.2 Å². The zero-order chi connectivity index (χ0) is 18.1. The molecule has 0 radical (unpaired) electrons. The van der Waals surface area contributed by atoms with E-state index in [2.05, 4.69) is 20.1 Å². The largest absolute Gasteiger partial charge is 0.481 e. The lowest BCUT2D eigenvalue weighted by molar-refractivity contribution is 0.0704. The molecule has 1 atom stereocenters. The Hall–Kier alpha value is -3.03. The summed E-state index contributed by atoms with van der Waals surface area (Å²) in [6.45, 7) is 3.33. The van der Waals surface area contributed by atoms with Gasteiger partial charge in [0.1, 0.15) is 6.33 Å². The predicted octanol–water partition coefficient (Wildman–Crippen LogP) is 1.86. The summed E-state index contributed by atoms with van der Waals surface area (Å²) in [7, 11) is 1.54. The standard InChI is InChI=1S/C18H20N6O2/c1-12-8-15(24-18(22-12)20-11-21-24)14-4-3-7-23(10-14)17(25)13-5-6-19-16(9-13)26-2/h5-6,8-9,11,14H,3-4,7,10H2,1-2H3. The van der Waals surface area contributed by atoms with Crippen LogP contribution in [0.5, 0.6) is 5.88 Å². The van der Waals surface area contributed by atoms with Crippen LogP contribution in [0, 0.1) is 6.92 Å². The molecule has 1 saturated heterocycles. The van der Waals surface area contributed by atoms with Crippen molar-refractivity contribution in [2.45, 2.75) is 25.7 Å². The van der Waals surface area contributed by atoms with Crippen LogP contribution < -0.4 is 4.74 Å². The normalized spacial score (nSPS) is 17.5. The molecule has 1 aliphatic rings. The molecule has 0 aromatic carbocycles. The highest BCUT2D eigenvalue weighted by Gasteiger charge is 2.28. The van der Waals surface area contributed by atoms with Gasteiger partial charge in [-0.25, -0.2) is 14.5 Å². The number of pyridine rings is 1. The third-order valence-electron chi connectivity index (χ3n) is 4.73. The summed E-state index contributed by atoms with van der Waals surface area (Å²) in [6, 6.07) is 5.44. The molecule has 3 aromatic heterocycles. The van der Waals surface area contributed by atoms with Gasteiger partial charge in [0, 0.05) is 42.5 Å². The first-order valence-corrected chi connectivity index (χ1v) is 8.62. The minimum Gasteiger partial charge on any atom is -0.481 e. The molecular formula is C18H20N6O2. The molecule has 4 rings (SSSR count). The lowest BCUT2D eigenvalue weighted by Gasteiger charge is -2.33. The van der Waals surface area contributed by atoms with Crippen molar-refractivity contribution in [3.8, 4) is 5.88 Å². The first-order valence-electron chi connectivity index (χ1n) is 8.62. The first kappa shape index (κ1) is 16.4. The highest BCUT2D eigenvalue weighted by atomic mass is 16.5. The minimum atomic E-state index is -0.00369. The fourth-order valence-electron chi connectivity index (χ4n) is 3.49. The van der Waals surface area contributed by atoms with Crippen LogP contribution in [0.4, 0.5) is 0 Å². The van der Waals surface area contributed by atoms with Crippen LogP contribution in [0.1, 0.15) is 40.5 Å². The summed E-state index contributed by atoms with van der Waals surface area (Å²) in [5.41, 5.74) is 2.55. The van der Waals surface area contributed by atoms with Crippen LogP contribution in [0.15, 0.2) is 30.7 Å². The van der Waals surface area contributed by atoms with E-state index in [-0.39, 0.29) is 11.8 Å². The number of aromatic nitrogens is 5. The van der Waals surface area contributed by atoms with E-state index >= 15 is 0 Å². The van der Waals surface area contributed by atoms with Crippen LogP contribution in [-0.2, 0) is 0 Å². The number of fused-ring (bicyclic) bond motifs is 1. The fourth-order valence-corrected chi connectivity index (χ4v) is 3.49. The zero-order valence-electron chi connectivity index (χ0n) is 14.8. The number of carbonyl (C=O) groups is 1.